The molecule has 0 N–H and O–H groups in total. The summed E-state index contributed by atoms with van der Waals surface area (Å²) < 4.78 is 5.39. The second-order valence-corrected chi connectivity index (χ2v) is 6.76. The average molecular weight is 400 g/mol. The predicted octanol–water partition coefficient (Wildman–Crippen LogP) is 6.93. The van der Waals surface area contributed by atoms with Crippen LogP contribution in [0.1, 0.15) is 11.3 Å². The van der Waals surface area contributed by atoms with Gasteiger partial charge in [0.2, 0.25) is 0 Å². The van der Waals surface area contributed by atoms with E-state index >= 15 is 0 Å². The standard InChI is InChI=1S/C25H18ClNO2/c26-24-23(18-22(29-25(24)28)17-16-19-10-4-1-5-11-19)27(20-12-6-2-7-13-20)21-14-8-3-9-15-21/h1-18H/b17-16+. The van der Waals surface area contributed by atoms with Gasteiger partial charge in [-0.15, -0.1) is 0 Å². The lowest BCUT2D eigenvalue weighted by molar-refractivity contribution is 0.502. The maximum Gasteiger partial charge on any atom is 0.357 e. The summed E-state index contributed by atoms with van der Waals surface area (Å²) in [6, 6.07) is 31.2. The van der Waals surface area contributed by atoms with Gasteiger partial charge in [-0.05, 0) is 35.9 Å². The van der Waals surface area contributed by atoms with Crippen molar-refractivity contribution in [2.45, 2.75) is 0 Å². The van der Waals surface area contributed by atoms with Crippen molar-refractivity contribution >= 4 is 40.8 Å². The molecule has 0 saturated heterocycles. The normalized spacial score (nSPS) is 10.9. The summed E-state index contributed by atoms with van der Waals surface area (Å²) >= 11 is 6.40. The zero-order valence-electron chi connectivity index (χ0n) is 15.5. The van der Waals surface area contributed by atoms with E-state index < -0.39 is 5.63 Å². The lowest BCUT2D eigenvalue weighted by atomic mass is 10.2. The van der Waals surface area contributed by atoms with Gasteiger partial charge in [-0.2, -0.15) is 0 Å². The minimum atomic E-state index is -0.575. The van der Waals surface area contributed by atoms with E-state index in [0.717, 1.165) is 16.9 Å². The molecule has 142 valence electrons. The minimum absolute atomic E-state index is 0.0366. The molecule has 0 spiro atoms. The second-order valence-electron chi connectivity index (χ2n) is 6.39. The molecule has 1 heterocycles. The van der Waals surface area contributed by atoms with E-state index in [1.54, 1.807) is 12.1 Å². The lowest BCUT2D eigenvalue weighted by Crippen LogP contribution is -2.14. The van der Waals surface area contributed by atoms with Crippen LogP contribution < -0.4 is 10.5 Å². The Kier molecular flexibility index (Phi) is 5.59. The van der Waals surface area contributed by atoms with Crippen LogP contribution in [0.4, 0.5) is 17.1 Å². The Morgan fingerprint density at radius 1 is 0.724 bits per heavy atom. The molecule has 0 aliphatic heterocycles. The number of hydrogen-bond acceptors (Lipinski definition) is 3. The van der Waals surface area contributed by atoms with Gasteiger partial charge in [0, 0.05) is 17.4 Å². The fourth-order valence-electron chi connectivity index (χ4n) is 3.05. The van der Waals surface area contributed by atoms with Crippen LogP contribution in [0, 0.1) is 0 Å². The van der Waals surface area contributed by atoms with Crippen molar-refractivity contribution < 1.29 is 4.42 Å². The molecular weight excluding hydrogens is 382 g/mol. The molecule has 0 saturated carbocycles. The smallest absolute Gasteiger partial charge is 0.357 e. The molecule has 0 radical (unpaired) electrons. The summed E-state index contributed by atoms with van der Waals surface area (Å²) in [5.41, 5.74) is 2.78. The highest BCUT2D eigenvalue weighted by Crippen LogP contribution is 2.37. The van der Waals surface area contributed by atoms with E-state index in [9.17, 15) is 4.79 Å². The SMILES string of the molecule is O=c1oc(/C=C/c2ccccc2)cc(N(c2ccccc2)c2ccccc2)c1Cl. The van der Waals surface area contributed by atoms with Gasteiger partial charge in [0.05, 0.1) is 5.69 Å². The summed E-state index contributed by atoms with van der Waals surface area (Å²) in [4.78, 5) is 14.4. The van der Waals surface area contributed by atoms with Crippen molar-refractivity contribution in [1.82, 2.24) is 0 Å². The fraction of sp³-hybridized carbons (Fsp3) is 0. The summed E-state index contributed by atoms with van der Waals surface area (Å²) in [6.07, 6.45) is 3.66. The molecule has 0 unspecified atom stereocenters. The first-order valence-electron chi connectivity index (χ1n) is 9.19. The van der Waals surface area contributed by atoms with Crippen LogP contribution in [0.25, 0.3) is 12.2 Å². The van der Waals surface area contributed by atoms with Crippen molar-refractivity contribution in [2.24, 2.45) is 0 Å². The zero-order chi connectivity index (χ0) is 20.1. The van der Waals surface area contributed by atoms with Gasteiger partial charge in [0.25, 0.3) is 0 Å². The van der Waals surface area contributed by atoms with Crippen LogP contribution in [0.2, 0.25) is 5.02 Å². The number of benzene rings is 3. The molecule has 3 aromatic carbocycles. The monoisotopic (exact) mass is 399 g/mol. The average Bonchev–Trinajstić information content (AvgIpc) is 2.78. The third-order valence-corrected chi connectivity index (χ3v) is 4.75. The van der Waals surface area contributed by atoms with Gasteiger partial charge in [-0.1, -0.05) is 84.4 Å². The fourth-order valence-corrected chi connectivity index (χ4v) is 3.23. The first-order valence-corrected chi connectivity index (χ1v) is 9.57. The second kappa shape index (κ2) is 8.63. The molecule has 0 amide bonds. The van der Waals surface area contributed by atoms with E-state index in [1.807, 2.05) is 102 Å². The highest BCUT2D eigenvalue weighted by molar-refractivity contribution is 6.33. The highest BCUT2D eigenvalue weighted by Gasteiger charge is 2.19. The van der Waals surface area contributed by atoms with Crippen LogP contribution in [0.3, 0.4) is 0 Å². The molecule has 29 heavy (non-hydrogen) atoms. The van der Waals surface area contributed by atoms with Crippen LogP contribution in [0.15, 0.2) is 106 Å². The summed E-state index contributed by atoms with van der Waals surface area (Å²) in [5.74, 6) is 0.426. The number of anilines is 3. The van der Waals surface area contributed by atoms with E-state index in [1.165, 1.54) is 0 Å². The van der Waals surface area contributed by atoms with Gasteiger partial charge in [0.15, 0.2) is 5.02 Å². The summed E-state index contributed by atoms with van der Waals surface area (Å²) in [7, 11) is 0. The minimum Gasteiger partial charge on any atom is -0.422 e. The van der Waals surface area contributed by atoms with Gasteiger partial charge < -0.3 is 9.32 Å². The topological polar surface area (TPSA) is 33.5 Å². The van der Waals surface area contributed by atoms with Crippen LogP contribution in [-0.2, 0) is 0 Å². The van der Waals surface area contributed by atoms with Crippen molar-refractivity contribution in [1.29, 1.82) is 0 Å². The molecular formula is C25H18ClNO2. The van der Waals surface area contributed by atoms with Crippen molar-refractivity contribution in [2.75, 3.05) is 4.90 Å². The lowest BCUT2D eigenvalue weighted by Gasteiger charge is -2.25. The maximum atomic E-state index is 12.5. The molecule has 0 fully saturated rings. The Labute approximate surface area is 174 Å². The molecule has 4 aromatic rings. The Hall–Kier alpha value is -3.56. The molecule has 0 atom stereocenters. The largest absolute Gasteiger partial charge is 0.422 e. The Morgan fingerprint density at radius 2 is 1.24 bits per heavy atom. The van der Waals surface area contributed by atoms with E-state index in [4.69, 9.17) is 16.0 Å². The zero-order valence-corrected chi connectivity index (χ0v) is 16.3. The maximum absolute atomic E-state index is 12.5. The van der Waals surface area contributed by atoms with Crippen LogP contribution >= 0.6 is 11.6 Å². The highest BCUT2D eigenvalue weighted by atomic mass is 35.5. The van der Waals surface area contributed by atoms with E-state index in [2.05, 4.69) is 0 Å². The third-order valence-electron chi connectivity index (χ3n) is 4.40. The Bertz CT molecular complexity index is 1130. The van der Waals surface area contributed by atoms with Gasteiger partial charge >= 0.3 is 5.63 Å². The van der Waals surface area contributed by atoms with Crippen molar-refractivity contribution in [3.8, 4) is 0 Å². The van der Waals surface area contributed by atoms with Crippen molar-refractivity contribution in [3.63, 3.8) is 0 Å². The predicted molar refractivity (Wildman–Crippen MR) is 120 cm³/mol. The first-order chi connectivity index (χ1) is 14.2. The molecule has 0 aliphatic carbocycles. The Morgan fingerprint density at radius 3 is 1.79 bits per heavy atom. The Balaban J connectivity index is 1.83. The van der Waals surface area contributed by atoms with Gasteiger partial charge in [0.1, 0.15) is 5.76 Å². The van der Waals surface area contributed by atoms with E-state index in [0.29, 0.717) is 11.4 Å². The first kappa shape index (κ1) is 18.8. The third kappa shape index (κ3) is 4.31. The number of rotatable bonds is 5. The molecule has 0 bridgehead atoms. The molecule has 4 rings (SSSR count). The molecule has 4 heteroatoms. The van der Waals surface area contributed by atoms with E-state index in [-0.39, 0.29) is 5.02 Å². The number of halogens is 1. The summed E-state index contributed by atoms with van der Waals surface area (Å²) in [6.45, 7) is 0. The van der Waals surface area contributed by atoms with Crippen molar-refractivity contribution in [3.05, 3.63) is 124 Å². The number of nitrogens with zero attached hydrogens (tertiary/aromatic N) is 1. The number of hydrogen-bond donors (Lipinski definition) is 0. The summed E-state index contributed by atoms with van der Waals surface area (Å²) in [5, 5.41) is 0.0366. The number of para-hydroxylation sites is 2. The van der Waals surface area contributed by atoms with Crippen LogP contribution in [0.5, 0.6) is 0 Å². The quantitative estimate of drug-likeness (QED) is 0.364. The molecule has 3 nitrogen and oxygen atoms in total. The van der Waals surface area contributed by atoms with Crippen LogP contribution in [-0.4, -0.2) is 0 Å². The molecule has 1 aromatic heterocycles. The van der Waals surface area contributed by atoms with Gasteiger partial charge in [-0.3, -0.25) is 0 Å². The molecule has 0 aliphatic rings. The van der Waals surface area contributed by atoms with Gasteiger partial charge in [-0.25, -0.2) is 4.79 Å².